The third kappa shape index (κ3) is 4.63. The number of anilines is 3. The number of nitrogen functional groups attached to an aromatic ring is 1. The monoisotopic (exact) mass is 400 g/mol. The van der Waals surface area contributed by atoms with Gasteiger partial charge in [0, 0.05) is 26.2 Å². The number of hydrogen-bond acceptors (Lipinski definition) is 5. The minimum absolute atomic E-state index is 0.0472. The number of ether oxygens (including phenoxy) is 1. The molecule has 0 spiro atoms. The third-order valence-electron chi connectivity index (χ3n) is 5.56. The molecule has 28 heavy (non-hydrogen) atoms. The summed E-state index contributed by atoms with van der Waals surface area (Å²) in [6.45, 7) is 2.46. The molecule has 0 radical (unpaired) electrons. The SMILES string of the molecule is CNc1cc(N2CCOCC2)c(C(=O)NC2CCC(C(F)(F)F)CC2)cc1N. The molecule has 4 N–H and O–H groups in total. The minimum atomic E-state index is -4.16. The number of rotatable bonds is 4. The first kappa shape index (κ1) is 20.6. The van der Waals surface area contributed by atoms with E-state index in [9.17, 15) is 18.0 Å². The molecule has 2 aliphatic rings. The van der Waals surface area contributed by atoms with Crippen LogP contribution in [-0.2, 0) is 4.74 Å². The van der Waals surface area contributed by atoms with E-state index in [1.807, 2.05) is 6.07 Å². The molecule has 1 aromatic carbocycles. The van der Waals surface area contributed by atoms with Crippen molar-refractivity contribution in [3.8, 4) is 0 Å². The molecule has 6 nitrogen and oxygen atoms in total. The standard InChI is InChI=1S/C19H27F3N4O2/c1-24-16-11-17(26-6-8-28-9-7-26)14(10-15(16)23)18(27)25-13-4-2-12(3-5-13)19(20,21)22/h10-13,24H,2-9,23H2,1H3,(H,25,27). The Labute approximate surface area is 162 Å². The first-order valence-corrected chi connectivity index (χ1v) is 9.61. The molecule has 0 unspecified atom stereocenters. The average molecular weight is 400 g/mol. The summed E-state index contributed by atoms with van der Waals surface area (Å²) in [4.78, 5) is 15.0. The molecule has 1 amide bonds. The fraction of sp³-hybridized carbons (Fsp3) is 0.632. The number of alkyl halides is 3. The number of amides is 1. The van der Waals surface area contributed by atoms with Crippen molar-refractivity contribution >= 4 is 23.0 Å². The van der Waals surface area contributed by atoms with Crippen LogP contribution in [0.2, 0.25) is 0 Å². The molecular weight excluding hydrogens is 373 g/mol. The van der Waals surface area contributed by atoms with Crippen LogP contribution in [0, 0.1) is 5.92 Å². The highest BCUT2D eigenvalue weighted by atomic mass is 19.4. The number of carbonyl (C=O) groups is 1. The van der Waals surface area contributed by atoms with Crippen LogP contribution >= 0.6 is 0 Å². The van der Waals surface area contributed by atoms with Crippen molar-refractivity contribution in [1.29, 1.82) is 0 Å². The zero-order chi connectivity index (χ0) is 20.3. The summed E-state index contributed by atoms with van der Waals surface area (Å²) < 4.78 is 43.9. The number of morpholine rings is 1. The van der Waals surface area contributed by atoms with E-state index in [0.717, 1.165) is 11.4 Å². The first-order chi connectivity index (χ1) is 13.3. The molecule has 2 fully saturated rings. The zero-order valence-corrected chi connectivity index (χ0v) is 15.9. The van der Waals surface area contributed by atoms with E-state index in [1.54, 1.807) is 13.1 Å². The molecule has 0 bridgehead atoms. The van der Waals surface area contributed by atoms with Gasteiger partial charge in [-0.3, -0.25) is 4.79 Å². The predicted octanol–water partition coefficient (Wildman–Crippen LogP) is 3.00. The second-order valence-electron chi connectivity index (χ2n) is 7.37. The lowest BCUT2D eigenvalue weighted by atomic mass is 9.85. The molecule has 3 rings (SSSR count). The molecule has 1 saturated heterocycles. The Kier molecular flexibility index (Phi) is 6.22. The first-order valence-electron chi connectivity index (χ1n) is 9.61. The molecule has 1 saturated carbocycles. The highest BCUT2D eigenvalue weighted by Crippen LogP contribution is 2.38. The summed E-state index contributed by atoms with van der Waals surface area (Å²) in [5, 5.41) is 5.93. The Morgan fingerprint density at radius 1 is 1.18 bits per heavy atom. The Hall–Kier alpha value is -2.16. The maximum atomic E-state index is 12.9. The van der Waals surface area contributed by atoms with Gasteiger partial charge in [-0.2, -0.15) is 13.2 Å². The summed E-state index contributed by atoms with van der Waals surface area (Å²) in [6.07, 6.45) is -3.41. The van der Waals surface area contributed by atoms with Gasteiger partial charge in [0.25, 0.3) is 5.91 Å². The van der Waals surface area contributed by atoms with Gasteiger partial charge in [-0.25, -0.2) is 0 Å². The molecular formula is C19H27F3N4O2. The minimum Gasteiger partial charge on any atom is -0.397 e. The van der Waals surface area contributed by atoms with Crippen molar-refractivity contribution in [2.24, 2.45) is 5.92 Å². The predicted molar refractivity (Wildman–Crippen MR) is 103 cm³/mol. The van der Waals surface area contributed by atoms with Crippen LogP contribution in [-0.4, -0.2) is 51.5 Å². The van der Waals surface area contributed by atoms with E-state index in [1.165, 1.54) is 0 Å². The van der Waals surface area contributed by atoms with E-state index < -0.39 is 12.1 Å². The van der Waals surface area contributed by atoms with Gasteiger partial charge in [-0.1, -0.05) is 0 Å². The molecule has 0 aromatic heterocycles. The van der Waals surface area contributed by atoms with Gasteiger partial charge in [0.15, 0.2) is 0 Å². The lowest BCUT2D eigenvalue weighted by molar-refractivity contribution is -0.182. The highest BCUT2D eigenvalue weighted by molar-refractivity contribution is 6.02. The summed E-state index contributed by atoms with van der Waals surface area (Å²) in [6, 6.07) is 3.22. The van der Waals surface area contributed by atoms with Crippen molar-refractivity contribution in [3.05, 3.63) is 17.7 Å². The van der Waals surface area contributed by atoms with Crippen LogP contribution in [0.5, 0.6) is 0 Å². The van der Waals surface area contributed by atoms with Gasteiger partial charge < -0.3 is 26.0 Å². The van der Waals surface area contributed by atoms with Gasteiger partial charge in [-0.05, 0) is 37.8 Å². The number of nitrogens with one attached hydrogen (secondary N) is 2. The molecule has 1 aromatic rings. The Balaban J connectivity index is 1.74. The molecule has 156 valence electrons. The van der Waals surface area contributed by atoms with Crippen LogP contribution in [0.25, 0.3) is 0 Å². The Bertz CT molecular complexity index is 697. The van der Waals surface area contributed by atoms with Gasteiger partial charge in [0.2, 0.25) is 0 Å². The van der Waals surface area contributed by atoms with E-state index in [4.69, 9.17) is 10.5 Å². The van der Waals surface area contributed by atoms with E-state index >= 15 is 0 Å². The van der Waals surface area contributed by atoms with Crippen molar-refractivity contribution in [1.82, 2.24) is 5.32 Å². The quantitative estimate of drug-likeness (QED) is 0.677. The number of hydrogen-bond donors (Lipinski definition) is 3. The van der Waals surface area contributed by atoms with E-state index in [2.05, 4.69) is 15.5 Å². The lowest BCUT2D eigenvalue weighted by Crippen LogP contribution is -2.41. The van der Waals surface area contributed by atoms with Gasteiger partial charge in [-0.15, -0.1) is 0 Å². The van der Waals surface area contributed by atoms with Crippen molar-refractivity contribution in [2.75, 3.05) is 49.3 Å². The van der Waals surface area contributed by atoms with Crippen LogP contribution in [0.4, 0.5) is 30.2 Å². The summed E-state index contributed by atoms with van der Waals surface area (Å²) in [5.74, 6) is -1.57. The fourth-order valence-electron chi connectivity index (χ4n) is 3.90. The van der Waals surface area contributed by atoms with Crippen LogP contribution in [0.1, 0.15) is 36.0 Å². The van der Waals surface area contributed by atoms with Gasteiger partial charge in [0.1, 0.15) is 0 Å². The molecule has 0 atom stereocenters. The second kappa shape index (κ2) is 8.46. The maximum Gasteiger partial charge on any atom is 0.391 e. The Morgan fingerprint density at radius 2 is 1.82 bits per heavy atom. The smallest absolute Gasteiger partial charge is 0.391 e. The zero-order valence-electron chi connectivity index (χ0n) is 15.9. The Morgan fingerprint density at radius 3 is 2.39 bits per heavy atom. The highest BCUT2D eigenvalue weighted by Gasteiger charge is 2.41. The number of halogens is 3. The van der Waals surface area contributed by atoms with Gasteiger partial charge in [0.05, 0.1) is 41.8 Å². The fourth-order valence-corrected chi connectivity index (χ4v) is 3.90. The molecule has 1 heterocycles. The topological polar surface area (TPSA) is 79.6 Å². The number of nitrogens with zero attached hydrogens (tertiary/aromatic N) is 1. The van der Waals surface area contributed by atoms with Crippen LogP contribution in [0.3, 0.4) is 0 Å². The lowest BCUT2D eigenvalue weighted by Gasteiger charge is -2.32. The van der Waals surface area contributed by atoms with E-state index in [-0.39, 0.29) is 24.8 Å². The van der Waals surface area contributed by atoms with Crippen molar-refractivity contribution in [3.63, 3.8) is 0 Å². The van der Waals surface area contributed by atoms with E-state index in [0.29, 0.717) is 50.4 Å². The number of benzene rings is 1. The molecule has 1 aliphatic heterocycles. The maximum absolute atomic E-state index is 12.9. The average Bonchev–Trinajstić information content (AvgIpc) is 2.68. The third-order valence-corrected chi connectivity index (χ3v) is 5.56. The number of nitrogens with two attached hydrogens (primary N) is 1. The number of carbonyl (C=O) groups excluding carboxylic acids is 1. The van der Waals surface area contributed by atoms with Crippen molar-refractivity contribution in [2.45, 2.75) is 37.9 Å². The summed E-state index contributed by atoms with van der Waals surface area (Å²) >= 11 is 0. The van der Waals surface area contributed by atoms with Gasteiger partial charge >= 0.3 is 6.18 Å². The molecule has 9 heteroatoms. The van der Waals surface area contributed by atoms with Crippen molar-refractivity contribution < 1.29 is 22.7 Å². The molecule has 1 aliphatic carbocycles. The largest absolute Gasteiger partial charge is 0.397 e. The normalized spacial score (nSPS) is 23.4. The van der Waals surface area contributed by atoms with Crippen LogP contribution in [0.15, 0.2) is 12.1 Å². The summed E-state index contributed by atoms with van der Waals surface area (Å²) in [7, 11) is 1.76. The second-order valence-corrected chi connectivity index (χ2v) is 7.37. The summed E-state index contributed by atoms with van der Waals surface area (Å²) in [5.41, 5.74) is 8.43. The van der Waals surface area contributed by atoms with Crippen LogP contribution < -0.4 is 21.3 Å².